The third kappa shape index (κ3) is 3.61. The number of imidazole rings is 2. The van der Waals surface area contributed by atoms with E-state index in [0.717, 1.165) is 22.4 Å². The van der Waals surface area contributed by atoms with E-state index in [4.69, 9.17) is 0 Å². The Morgan fingerprint density at radius 3 is 2.74 bits per heavy atom. The number of hydrogen-bond acceptors (Lipinski definition) is 4. The van der Waals surface area contributed by atoms with Gasteiger partial charge in [0.15, 0.2) is 5.82 Å². The second-order valence-corrected chi connectivity index (χ2v) is 6.97. The predicted octanol–water partition coefficient (Wildman–Crippen LogP) is 4.16. The Kier molecular flexibility index (Phi) is 4.62. The number of pyridine rings is 1. The van der Waals surface area contributed by atoms with Crippen LogP contribution >= 0.6 is 0 Å². The molecule has 0 unspecified atom stereocenters. The number of H-pyrrole nitrogens is 1. The molecule has 0 spiro atoms. The van der Waals surface area contributed by atoms with E-state index in [2.05, 4.69) is 25.3 Å². The molecule has 0 aliphatic heterocycles. The molecular formula is C22H16F2N6O. The van der Waals surface area contributed by atoms with Crippen LogP contribution in [0.4, 0.5) is 8.78 Å². The monoisotopic (exact) mass is 418 g/mol. The molecule has 2 aromatic carbocycles. The van der Waals surface area contributed by atoms with Gasteiger partial charge >= 0.3 is 0 Å². The number of alkyl halides is 2. The van der Waals surface area contributed by atoms with Crippen LogP contribution in [0.25, 0.3) is 27.9 Å². The molecule has 31 heavy (non-hydrogen) atoms. The summed E-state index contributed by atoms with van der Waals surface area (Å²) < 4.78 is 27.5. The minimum atomic E-state index is -2.69. The van der Waals surface area contributed by atoms with Gasteiger partial charge in [-0.3, -0.25) is 9.36 Å². The number of aromatic nitrogens is 5. The molecule has 0 saturated heterocycles. The fourth-order valence-electron chi connectivity index (χ4n) is 3.36. The van der Waals surface area contributed by atoms with E-state index in [1.165, 1.54) is 6.07 Å². The zero-order valence-corrected chi connectivity index (χ0v) is 16.1. The van der Waals surface area contributed by atoms with Crippen molar-refractivity contribution in [1.29, 1.82) is 0 Å². The van der Waals surface area contributed by atoms with Crippen molar-refractivity contribution in [3.8, 4) is 5.82 Å². The van der Waals surface area contributed by atoms with Crippen LogP contribution in [0.5, 0.6) is 0 Å². The fourth-order valence-corrected chi connectivity index (χ4v) is 3.36. The smallest absolute Gasteiger partial charge is 0.295 e. The third-order valence-corrected chi connectivity index (χ3v) is 4.93. The minimum absolute atomic E-state index is 0.278. The van der Waals surface area contributed by atoms with Gasteiger partial charge in [-0.2, -0.15) is 0 Å². The van der Waals surface area contributed by atoms with Crippen LogP contribution in [0, 0.1) is 0 Å². The Bertz CT molecular complexity index is 1390. The van der Waals surface area contributed by atoms with Crippen LogP contribution < -0.4 is 5.32 Å². The van der Waals surface area contributed by atoms with Gasteiger partial charge in [0.1, 0.15) is 12.1 Å². The molecule has 7 nitrogen and oxygen atoms in total. The van der Waals surface area contributed by atoms with E-state index >= 15 is 0 Å². The van der Waals surface area contributed by atoms with E-state index in [1.54, 1.807) is 24.7 Å². The van der Waals surface area contributed by atoms with Crippen molar-refractivity contribution in [3.63, 3.8) is 0 Å². The maximum absolute atomic E-state index is 12.8. The van der Waals surface area contributed by atoms with E-state index in [9.17, 15) is 13.6 Å². The second kappa shape index (κ2) is 7.60. The Hall–Kier alpha value is -4.14. The summed E-state index contributed by atoms with van der Waals surface area (Å²) in [5.41, 5.74) is 3.80. The highest BCUT2D eigenvalue weighted by Gasteiger charge is 2.14. The standard InChI is InChI=1S/C22H16F2N6O/c23-20(24)21-28-15-7-6-14(9-17(15)29-21)22(31)26-11-13-5-8-19(25-10-13)30-12-27-16-3-1-2-4-18(16)30/h1-10,12,20H,11H2,(H,26,31)(H,28,29). The first kappa shape index (κ1) is 18.9. The van der Waals surface area contributed by atoms with E-state index in [1.807, 2.05) is 41.0 Å². The van der Waals surface area contributed by atoms with Gasteiger partial charge in [0, 0.05) is 18.3 Å². The molecule has 0 saturated carbocycles. The molecule has 3 aromatic heterocycles. The molecule has 0 radical (unpaired) electrons. The second-order valence-electron chi connectivity index (χ2n) is 6.97. The number of para-hydroxylation sites is 2. The van der Waals surface area contributed by atoms with Gasteiger partial charge < -0.3 is 10.3 Å². The van der Waals surface area contributed by atoms with Gasteiger partial charge in [0.25, 0.3) is 12.3 Å². The molecule has 2 N–H and O–H groups in total. The molecule has 0 fully saturated rings. The highest BCUT2D eigenvalue weighted by molar-refractivity contribution is 5.97. The Morgan fingerprint density at radius 2 is 1.94 bits per heavy atom. The lowest BCUT2D eigenvalue weighted by Crippen LogP contribution is -2.22. The number of halogens is 2. The normalized spacial score (nSPS) is 11.5. The van der Waals surface area contributed by atoms with Crippen molar-refractivity contribution in [2.45, 2.75) is 13.0 Å². The van der Waals surface area contributed by atoms with Crippen LogP contribution in [-0.4, -0.2) is 30.4 Å². The molecule has 1 amide bonds. The first-order valence-corrected chi connectivity index (χ1v) is 9.52. The molecular weight excluding hydrogens is 402 g/mol. The summed E-state index contributed by atoms with van der Waals surface area (Å²) in [6, 6.07) is 16.1. The van der Waals surface area contributed by atoms with E-state index in [0.29, 0.717) is 16.6 Å². The van der Waals surface area contributed by atoms with Crippen molar-refractivity contribution >= 4 is 28.0 Å². The summed E-state index contributed by atoms with van der Waals surface area (Å²) in [4.78, 5) is 27.6. The van der Waals surface area contributed by atoms with Gasteiger partial charge in [0.2, 0.25) is 0 Å². The topological polar surface area (TPSA) is 88.5 Å². The average molecular weight is 418 g/mol. The van der Waals surface area contributed by atoms with Gasteiger partial charge in [0.05, 0.1) is 22.1 Å². The molecule has 0 aliphatic carbocycles. The number of rotatable bonds is 5. The van der Waals surface area contributed by atoms with Crippen molar-refractivity contribution < 1.29 is 13.6 Å². The molecule has 3 heterocycles. The minimum Gasteiger partial charge on any atom is -0.348 e. The summed E-state index contributed by atoms with van der Waals surface area (Å²) in [7, 11) is 0. The fraction of sp³-hybridized carbons (Fsp3) is 0.0909. The lowest BCUT2D eigenvalue weighted by Gasteiger charge is -2.07. The third-order valence-electron chi connectivity index (χ3n) is 4.93. The number of nitrogens with zero attached hydrogens (tertiary/aromatic N) is 4. The highest BCUT2D eigenvalue weighted by atomic mass is 19.3. The molecule has 154 valence electrons. The van der Waals surface area contributed by atoms with Crippen molar-refractivity contribution in [3.05, 3.63) is 84.1 Å². The van der Waals surface area contributed by atoms with Crippen LogP contribution in [0.3, 0.4) is 0 Å². The van der Waals surface area contributed by atoms with Crippen LogP contribution in [0.1, 0.15) is 28.2 Å². The van der Waals surface area contributed by atoms with Crippen molar-refractivity contribution in [2.24, 2.45) is 0 Å². The number of hydrogen-bond donors (Lipinski definition) is 2. The number of fused-ring (bicyclic) bond motifs is 2. The summed E-state index contributed by atoms with van der Waals surface area (Å²) in [6.45, 7) is 0.278. The molecule has 0 bridgehead atoms. The summed E-state index contributed by atoms with van der Waals surface area (Å²) in [5.74, 6) is -0.00697. The Labute approximate surface area is 174 Å². The molecule has 5 rings (SSSR count). The van der Waals surface area contributed by atoms with E-state index in [-0.39, 0.29) is 12.5 Å². The molecule has 0 aliphatic rings. The zero-order valence-electron chi connectivity index (χ0n) is 16.1. The first-order chi connectivity index (χ1) is 15.1. The quantitative estimate of drug-likeness (QED) is 0.449. The number of benzene rings is 2. The number of amides is 1. The molecule has 9 heteroatoms. The number of nitrogens with one attached hydrogen (secondary N) is 2. The molecule has 0 atom stereocenters. The number of carbonyl (C=O) groups is 1. The summed E-state index contributed by atoms with van der Waals surface area (Å²) in [5, 5.41) is 2.81. The van der Waals surface area contributed by atoms with Gasteiger partial charge in [-0.25, -0.2) is 23.7 Å². The average Bonchev–Trinajstić information content (AvgIpc) is 3.42. The lowest BCUT2D eigenvalue weighted by molar-refractivity contribution is 0.0951. The Balaban J connectivity index is 1.28. The van der Waals surface area contributed by atoms with E-state index < -0.39 is 12.2 Å². The predicted molar refractivity (Wildman–Crippen MR) is 111 cm³/mol. The van der Waals surface area contributed by atoms with Gasteiger partial charge in [-0.05, 0) is 42.0 Å². The lowest BCUT2D eigenvalue weighted by atomic mass is 10.2. The number of carbonyl (C=O) groups excluding carboxylic acids is 1. The Morgan fingerprint density at radius 1 is 1.06 bits per heavy atom. The zero-order chi connectivity index (χ0) is 21.4. The summed E-state index contributed by atoms with van der Waals surface area (Å²) in [6.07, 6.45) is 0.720. The maximum Gasteiger partial charge on any atom is 0.295 e. The van der Waals surface area contributed by atoms with Crippen LogP contribution in [0.15, 0.2) is 67.1 Å². The number of aromatic amines is 1. The van der Waals surface area contributed by atoms with Crippen molar-refractivity contribution in [2.75, 3.05) is 0 Å². The van der Waals surface area contributed by atoms with Crippen LogP contribution in [-0.2, 0) is 6.54 Å². The van der Waals surface area contributed by atoms with Gasteiger partial charge in [-0.15, -0.1) is 0 Å². The maximum atomic E-state index is 12.8. The SMILES string of the molecule is O=C(NCc1ccc(-n2cnc3ccccc32)nc1)c1ccc2nc(C(F)F)[nH]c2c1. The first-order valence-electron chi connectivity index (χ1n) is 9.52. The highest BCUT2D eigenvalue weighted by Crippen LogP contribution is 2.21. The van der Waals surface area contributed by atoms with Gasteiger partial charge in [-0.1, -0.05) is 18.2 Å². The van der Waals surface area contributed by atoms with Crippen molar-refractivity contribution in [1.82, 2.24) is 29.8 Å². The summed E-state index contributed by atoms with van der Waals surface area (Å²) >= 11 is 0. The molecule has 5 aromatic rings. The van der Waals surface area contributed by atoms with Crippen LogP contribution in [0.2, 0.25) is 0 Å². The largest absolute Gasteiger partial charge is 0.348 e.